The summed E-state index contributed by atoms with van der Waals surface area (Å²) in [6.45, 7) is 3.64. The maximum absolute atomic E-state index is 5.99. The van der Waals surface area contributed by atoms with Crippen molar-refractivity contribution in [2.24, 2.45) is 0 Å². The Balaban J connectivity index is 1.67. The van der Waals surface area contributed by atoms with E-state index in [1.165, 1.54) is 38.5 Å². The maximum atomic E-state index is 5.99. The fraction of sp³-hybridized carbons (Fsp3) is 0.625. The molecule has 1 aliphatic rings. The molecule has 19 heavy (non-hydrogen) atoms. The monoisotopic (exact) mass is 281 g/mol. The summed E-state index contributed by atoms with van der Waals surface area (Å²) in [6, 6.07) is 6.51. The summed E-state index contributed by atoms with van der Waals surface area (Å²) < 4.78 is 5.74. The highest BCUT2D eigenvalue weighted by molar-refractivity contribution is 6.31. The Hall–Kier alpha value is -0.730. The van der Waals surface area contributed by atoms with E-state index in [2.05, 4.69) is 5.32 Å². The molecular weight excluding hydrogens is 258 g/mol. The van der Waals surface area contributed by atoms with Gasteiger partial charge in [0, 0.05) is 17.6 Å². The summed E-state index contributed by atoms with van der Waals surface area (Å²) in [4.78, 5) is 0. The van der Waals surface area contributed by atoms with Crippen LogP contribution in [-0.2, 0) is 0 Å². The summed E-state index contributed by atoms with van der Waals surface area (Å²) in [5.74, 6) is 0.907. The number of nitrogens with one attached hydrogen (secondary N) is 1. The molecule has 106 valence electrons. The van der Waals surface area contributed by atoms with Gasteiger partial charge in [-0.25, -0.2) is 0 Å². The first kappa shape index (κ1) is 14.7. The Morgan fingerprint density at radius 1 is 1.21 bits per heavy atom. The number of rotatable bonds is 5. The average molecular weight is 282 g/mol. The standard InChI is InChI=1S/C16H24ClNO/c1-13-12-15(8-9-16(13)17)19-11-10-18-14-6-4-2-3-5-7-14/h8-9,12,14,18H,2-7,10-11H2,1H3. The highest BCUT2D eigenvalue weighted by atomic mass is 35.5. The van der Waals surface area contributed by atoms with Crippen molar-refractivity contribution in [3.63, 3.8) is 0 Å². The van der Waals surface area contributed by atoms with Crippen LogP contribution in [0.15, 0.2) is 18.2 Å². The first-order valence-electron chi connectivity index (χ1n) is 7.38. The van der Waals surface area contributed by atoms with E-state index in [1.807, 2.05) is 25.1 Å². The Labute approximate surface area is 121 Å². The lowest BCUT2D eigenvalue weighted by molar-refractivity contribution is 0.300. The molecular formula is C16H24ClNO. The molecule has 1 saturated carbocycles. The zero-order valence-electron chi connectivity index (χ0n) is 11.8. The Morgan fingerprint density at radius 3 is 2.63 bits per heavy atom. The Morgan fingerprint density at radius 2 is 1.95 bits per heavy atom. The van der Waals surface area contributed by atoms with Crippen molar-refractivity contribution in [1.29, 1.82) is 0 Å². The fourth-order valence-corrected chi connectivity index (χ4v) is 2.74. The van der Waals surface area contributed by atoms with Crippen LogP contribution in [-0.4, -0.2) is 19.2 Å². The van der Waals surface area contributed by atoms with Crippen molar-refractivity contribution < 1.29 is 4.74 Å². The lowest BCUT2D eigenvalue weighted by atomic mass is 10.1. The molecule has 1 aromatic rings. The molecule has 0 aromatic heterocycles. The van der Waals surface area contributed by atoms with Crippen molar-refractivity contribution in [2.75, 3.05) is 13.2 Å². The summed E-state index contributed by atoms with van der Waals surface area (Å²) in [5, 5.41) is 4.40. The second kappa shape index (κ2) is 7.76. The van der Waals surface area contributed by atoms with Gasteiger partial charge in [-0.2, -0.15) is 0 Å². The number of halogens is 1. The van der Waals surface area contributed by atoms with Crippen LogP contribution in [0.3, 0.4) is 0 Å². The second-order valence-corrected chi connectivity index (χ2v) is 5.81. The number of aryl methyl sites for hydroxylation is 1. The lowest BCUT2D eigenvalue weighted by Crippen LogP contribution is -2.32. The van der Waals surface area contributed by atoms with Gasteiger partial charge in [-0.1, -0.05) is 37.3 Å². The third-order valence-electron chi connectivity index (χ3n) is 3.79. The average Bonchev–Trinajstić information content (AvgIpc) is 2.67. The predicted octanol–water partition coefficient (Wildman–Crippen LogP) is 4.34. The van der Waals surface area contributed by atoms with Gasteiger partial charge >= 0.3 is 0 Å². The van der Waals surface area contributed by atoms with Gasteiger partial charge in [0.2, 0.25) is 0 Å². The number of hydrogen-bond donors (Lipinski definition) is 1. The van der Waals surface area contributed by atoms with E-state index in [4.69, 9.17) is 16.3 Å². The fourth-order valence-electron chi connectivity index (χ4n) is 2.62. The minimum Gasteiger partial charge on any atom is -0.492 e. The van der Waals surface area contributed by atoms with Crippen molar-refractivity contribution in [3.05, 3.63) is 28.8 Å². The van der Waals surface area contributed by atoms with E-state index in [0.29, 0.717) is 6.04 Å². The van der Waals surface area contributed by atoms with Gasteiger partial charge in [-0.05, 0) is 43.5 Å². The molecule has 0 spiro atoms. The lowest BCUT2D eigenvalue weighted by Gasteiger charge is -2.16. The van der Waals surface area contributed by atoms with E-state index in [-0.39, 0.29) is 0 Å². The zero-order chi connectivity index (χ0) is 13.5. The minimum absolute atomic E-state index is 0.693. The van der Waals surface area contributed by atoms with E-state index in [0.717, 1.165) is 29.5 Å². The van der Waals surface area contributed by atoms with Crippen LogP contribution in [0.4, 0.5) is 0 Å². The third kappa shape index (κ3) is 5.04. The predicted molar refractivity (Wildman–Crippen MR) is 81.2 cm³/mol. The van der Waals surface area contributed by atoms with E-state index < -0.39 is 0 Å². The van der Waals surface area contributed by atoms with Crippen LogP contribution in [0.5, 0.6) is 5.75 Å². The largest absolute Gasteiger partial charge is 0.492 e. The van der Waals surface area contributed by atoms with Gasteiger partial charge in [0.25, 0.3) is 0 Å². The van der Waals surface area contributed by atoms with Gasteiger partial charge in [-0.3, -0.25) is 0 Å². The molecule has 0 amide bonds. The van der Waals surface area contributed by atoms with Crippen LogP contribution >= 0.6 is 11.6 Å². The molecule has 0 aliphatic heterocycles. The van der Waals surface area contributed by atoms with Gasteiger partial charge in [0.1, 0.15) is 12.4 Å². The van der Waals surface area contributed by atoms with Crippen LogP contribution in [0.25, 0.3) is 0 Å². The van der Waals surface area contributed by atoms with Gasteiger partial charge < -0.3 is 10.1 Å². The van der Waals surface area contributed by atoms with Crippen molar-refractivity contribution in [2.45, 2.75) is 51.5 Å². The van der Waals surface area contributed by atoms with Gasteiger partial charge in [0.15, 0.2) is 0 Å². The molecule has 3 heteroatoms. The Kier molecular flexibility index (Phi) is 5.99. The molecule has 0 heterocycles. The highest BCUT2D eigenvalue weighted by Crippen LogP contribution is 2.21. The smallest absolute Gasteiger partial charge is 0.119 e. The normalized spacial score (nSPS) is 17.2. The van der Waals surface area contributed by atoms with E-state index >= 15 is 0 Å². The van der Waals surface area contributed by atoms with Crippen LogP contribution in [0.1, 0.15) is 44.1 Å². The highest BCUT2D eigenvalue weighted by Gasteiger charge is 2.10. The molecule has 1 aromatic carbocycles. The molecule has 0 radical (unpaired) electrons. The SMILES string of the molecule is Cc1cc(OCCNC2CCCCCC2)ccc1Cl. The summed E-state index contributed by atoms with van der Waals surface area (Å²) in [6.07, 6.45) is 8.18. The summed E-state index contributed by atoms with van der Waals surface area (Å²) in [7, 11) is 0. The Bertz CT molecular complexity index is 386. The molecule has 1 N–H and O–H groups in total. The molecule has 2 rings (SSSR count). The molecule has 0 saturated heterocycles. The molecule has 0 bridgehead atoms. The molecule has 1 fully saturated rings. The van der Waals surface area contributed by atoms with Gasteiger partial charge in [-0.15, -0.1) is 0 Å². The minimum atomic E-state index is 0.693. The second-order valence-electron chi connectivity index (χ2n) is 5.40. The molecule has 0 atom stereocenters. The van der Waals surface area contributed by atoms with Crippen LogP contribution in [0.2, 0.25) is 5.02 Å². The molecule has 1 aliphatic carbocycles. The first-order chi connectivity index (χ1) is 9.25. The van der Waals surface area contributed by atoms with E-state index in [1.54, 1.807) is 0 Å². The van der Waals surface area contributed by atoms with Crippen LogP contribution in [0, 0.1) is 6.92 Å². The number of benzene rings is 1. The number of hydrogen-bond acceptors (Lipinski definition) is 2. The number of ether oxygens (including phenoxy) is 1. The molecule has 2 nitrogen and oxygen atoms in total. The summed E-state index contributed by atoms with van der Waals surface area (Å²) >= 11 is 5.99. The molecule has 0 unspecified atom stereocenters. The topological polar surface area (TPSA) is 21.3 Å². The van der Waals surface area contributed by atoms with Crippen molar-refractivity contribution in [1.82, 2.24) is 5.32 Å². The summed E-state index contributed by atoms with van der Waals surface area (Å²) in [5.41, 5.74) is 1.07. The van der Waals surface area contributed by atoms with Crippen LogP contribution < -0.4 is 10.1 Å². The zero-order valence-corrected chi connectivity index (χ0v) is 12.5. The first-order valence-corrected chi connectivity index (χ1v) is 7.76. The third-order valence-corrected chi connectivity index (χ3v) is 4.21. The van der Waals surface area contributed by atoms with Gasteiger partial charge in [0.05, 0.1) is 0 Å². The van der Waals surface area contributed by atoms with Crippen molar-refractivity contribution in [3.8, 4) is 5.75 Å². The van der Waals surface area contributed by atoms with Crippen molar-refractivity contribution >= 4 is 11.6 Å². The van der Waals surface area contributed by atoms with E-state index in [9.17, 15) is 0 Å². The quantitative estimate of drug-likeness (QED) is 0.640. The maximum Gasteiger partial charge on any atom is 0.119 e.